The molecule has 0 aliphatic heterocycles. The average molecular weight is 506 g/mol. The molecule has 0 saturated heterocycles. The van der Waals surface area contributed by atoms with E-state index in [1.54, 1.807) is 6.92 Å². The molecular formula is C29H28ClNO5. The molecule has 0 unspecified atom stereocenters. The van der Waals surface area contributed by atoms with Gasteiger partial charge in [-0.05, 0) is 47.7 Å². The highest BCUT2D eigenvalue weighted by Gasteiger charge is 2.18. The van der Waals surface area contributed by atoms with Crippen LogP contribution in [0.2, 0.25) is 5.02 Å². The van der Waals surface area contributed by atoms with Crippen molar-refractivity contribution in [2.75, 3.05) is 6.61 Å². The van der Waals surface area contributed by atoms with Crippen LogP contribution in [0.4, 0.5) is 0 Å². The molecule has 0 bridgehead atoms. The molecule has 0 aliphatic rings. The lowest BCUT2D eigenvalue weighted by Gasteiger charge is -2.18. The van der Waals surface area contributed by atoms with Gasteiger partial charge in [-0.3, -0.25) is 9.59 Å². The summed E-state index contributed by atoms with van der Waals surface area (Å²) in [5, 5.41) is 3.45. The summed E-state index contributed by atoms with van der Waals surface area (Å²) in [4.78, 5) is 36.5. The molecule has 0 fully saturated rings. The summed E-state index contributed by atoms with van der Waals surface area (Å²) in [7, 11) is 0. The fraction of sp³-hybridized carbons (Fsp3) is 0.207. The molecule has 0 heterocycles. The van der Waals surface area contributed by atoms with E-state index >= 15 is 0 Å². The zero-order valence-corrected chi connectivity index (χ0v) is 20.7. The minimum Gasteiger partial charge on any atom is -0.463 e. The van der Waals surface area contributed by atoms with Gasteiger partial charge in [-0.15, -0.1) is 0 Å². The topological polar surface area (TPSA) is 81.7 Å². The van der Waals surface area contributed by atoms with Gasteiger partial charge in [-0.1, -0.05) is 78.3 Å². The Kier molecular flexibility index (Phi) is 10.3. The van der Waals surface area contributed by atoms with Crippen LogP contribution in [0.5, 0.6) is 0 Å². The van der Waals surface area contributed by atoms with E-state index in [1.807, 2.05) is 78.9 Å². The van der Waals surface area contributed by atoms with Crippen molar-refractivity contribution < 1.29 is 23.9 Å². The van der Waals surface area contributed by atoms with Crippen molar-refractivity contribution in [2.24, 2.45) is 0 Å². The Morgan fingerprint density at radius 2 is 1.61 bits per heavy atom. The molecular weight excluding hydrogens is 478 g/mol. The first-order valence-electron chi connectivity index (χ1n) is 11.6. The van der Waals surface area contributed by atoms with Crippen molar-refractivity contribution in [1.29, 1.82) is 0 Å². The smallest absolute Gasteiger partial charge is 0.330 e. The molecule has 1 amide bonds. The van der Waals surface area contributed by atoms with Crippen LogP contribution in [-0.2, 0) is 36.9 Å². The quantitative estimate of drug-likeness (QED) is 0.283. The summed E-state index contributed by atoms with van der Waals surface area (Å²) in [6.45, 7) is 2.05. The zero-order chi connectivity index (χ0) is 25.8. The van der Waals surface area contributed by atoms with Crippen molar-refractivity contribution in [3.05, 3.63) is 107 Å². The minimum absolute atomic E-state index is 0.0259. The maximum Gasteiger partial charge on any atom is 0.330 e. The van der Waals surface area contributed by atoms with Gasteiger partial charge < -0.3 is 14.8 Å². The number of amides is 1. The van der Waals surface area contributed by atoms with Crippen molar-refractivity contribution in [3.63, 3.8) is 0 Å². The van der Waals surface area contributed by atoms with E-state index in [9.17, 15) is 14.4 Å². The first kappa shape index (κ1) is 26.7. The van der Waals surface area contributed by atoms with Gasteiger partial charge >= 0.3 is 11.9 Å². The zero-order valence-electron chi connectivity index (χ0n) is 20.0. The number of nitrogens with one attached hydrogen (secondary N) is 1. The second-order valence-electron chi connectivity index (χ2n) is 8.05. The number of ether oxygens (including phenoxy) is 2. The van der Waals surface area contributed by atoms with Crippen LogP contribution >= 0.6 is 11.6 Å². The summed E-state index contributed by atoms with van der Waals surface area (Å²) in [5.41, 5.74) is 3.80. The number of hydrogen-bond donors (Lipinski definition) is 1. The third-order valence-corrected chi connectivity index (χ3v) is 5.49. The maximum atomic E-state index is 12.5. The van der Waals surface area contributed by atoms with Crippen molar-refractivity contribution in [3.8, 4) is 11.1 Å². The van der Waals surface area contributed by atoms with E-state index in [4.69, 9.17) is 21.1 Å². The highest BCUT2D eigenvalue weighted by Crippen LogP contribution is 2.23. The molecule has 3 aromatic rings. The molecule has 0 saturated carbocycles. The molecule has 36 heavy (non-hydrogen) atoms. The van der Waals surface area contributed by atoms with Crippen LogP contribution in [0.3, 0.4) is 0 Å². The van der Waals surface area contributed by atoms with Gasteiger partial charge in [-0.25, -0.2) is 4.79 Å². The summed E-state index contributed by atoms with van der Waals surface area (Å²) < 4.78 is 10.2. The molecule has 7 heteroatoms. The molecule has 6 nitrogen and oxygen atoms in total. The maximum absolute atomic E-state index is 12.5. The first-order valence-corrected chi connectivity index (χ1v) is 12.0. The van der Waals surface area contributed by atoms with Crippen LogP contribution < -0.4 is 5.32 Å². The SMILES string of the molecule is CCOC(=O)/C=C/C(=O)N[C@@H](CC(=O)OCc1ccccc1)Cc1ccc(-c2cccc(Cl)c2)cc1. The fourth-order valence-corrected chi connectivity index (χ4v) is 3.73. The Balaban J connectivity index is 1.67. The van der Waals surface area contributed by atoms with E-state index < -0.39 is 23.9 Å². The van der Waals surface area contributed by atoms with Gasteiger partial charge in [0.1, 0.15) is 6.61 Å². The number of esters is 2. The Morgan fingerprint density at radius 1 is 0.861 bits per heavy atom. The molecule has 1 N–H and O–H groups in total. The van der Waals surface area contributed by atoms with Crippen LogP contribution in [0.1, 0.15) is 24.5 Å². The van der Waals surface area contributed by atoms with Gasteiger partial charge in [0.05, 0.1) is 13.0 Å². The predicted octanol–water partition coefficient (Wildman–Crippen LogP) is 5.29. The number of rotatable bonds is 11. The number of carbonyl (C=O) groups excluding carboxylic acids is 3. The third-order valence-electron chi connectivity index (χ3n) is 5.25. The lowest BCUT2D eigenvalue weighted by atomic mass is 9.99. The van der Waals surface area contributed by atoms with Crippen molar-refractivity contribution in [1.82, 2.24) is 5.32 Å². The summed E-state index contributed by atoms with van der Waals surface area (Å²) in [6.07, 6.45) is 2.53. The molecule has 3 rings (SSSR count). The molecule has 0 spiro atoms. The standard InChI is InChI=1S/C29H28ClNO5/c1-2-35-28(33)16-15-27(32)31-26(19-29(34)36-20-22-7-4-3-5-8-22)17-21-11-13-23(14-12-21)24-9-6-10-25(30)18-24/h3-16,18,26H,2,17,19-20H2,1H3,(H,31,32)/b16-15+/t26-/m1/s1. The average Bonchev–Trinajstić information content (AvgIpc) is 2.87. The van der Waals surface area contributed by atoms with E-state index in [1.165, 1.54) is 0 Å². The van der Waals surface area contributed by atoms with Gasteiger partial charge in [0.25, 0.3) is 0 Å². The molecule has 0 aromatic heterocycles. The minimum atomic E-state index is -0.608. The van der Waals surface area contributed by atoms with E-state index in [0.29, 0.717) is 11.4 Å². The number of hydrogen-bond acceptors (Lipinski definition) is 5. The fourth-order valence-electron chi connectivity index (χ4n) is 3.54. The van der Waals surface area contributed by atoms with Gasteiger partial charge in [0, 0.05) is 23.2 Å². The Hall–Kier alpha value is -3.90. The summed E-state index contributed by atoms with van der Waals surface area (Å²) in [6, 6.07) is 24.2. The Morgan fingerprint density at radius 3 is 2.31 bits per heavy atom. The third kappa shape index (κ3) is 9.04. The van der Waals surface area contributed by atoms with Crippen LogP contribution in [0.15, 0.2) is 91.0 Å². The number of carbonyl (C=O) groups is 3. The summed E-state index contributed by atoms with van der Waals surface area (Å²) >= 11 is 6.10. The molecule has 1 atom stereocenters. The van der Waals surface area contributed by atoms with Crippen LogP contribution in [0.25, 0.3) is 11.1 Å². The monoisotopic (exact) mass is 505 g/mol. The number of halogens is 1. The summed E-state index contributed by atoms with van der Waals surface area (Å²) in [5.74, 6) is -1.54. The molecule has 186 valence electrons. The van der Waals surface area contributed by atoms with Crippen molar-refractivity contribution in [2.45, 2.75) is 32.4 Å². The second kappa shape index (κ2) is 13.9. The number of benzene rings is 3. The second-order valence-corrected chi connectivity index (χ2v) is 8.49. The highest BCUT2D eigenvalue weighted by molar-refractivity contribution is 6.30. The van der Waals surface area contributed by atoms with E-state index in [-0.39, 0.29) is 19.6 Å². The van der Waals surface area contributed by atoms with Crippen molar-refractivity contribution >= 4 is 29.4 Å². The lowest BCUT2D eigenvalue weighted by Crippen LogP contribution is -2.37. The molecule has 3 aromatic carbocycles. The molecule has 0 radical (unpaired) electrons. The lowest BCUT2D eigenvalue weighted by molar-refractivity contribution is -0.145. The van der Waals surface area contributed by atoms with Crippen LogP contribution in [-0.4, -0.2) is 30.5 Å². The van der Waals surface area contributed by atoms with Gasteiger partial charge in [0.15, 0.2) is 0 Å². The molecule has 0 aliphatic carbocycles. The Bertz CT molecular complexity index is 1190. The van der Waals surface area contributed by atoms with E-state index in [0.717, 1.165) is 34.4 Å². The first-order chi connectivity index (χ1) is 17.4. The van der Waals surface area contributed by atoms with Crippen LogP contribution in [0, 0.1) is 0 Å². The van der Waals surface area contributed by atoms with Gasteiger partial charge in [-0.2, -0.15) is 0 Å². The normalized spacial score (nSPS) is 11.6. The van der Waals surface area contributed by atoms with Gasteiger partial charge in [0.2, 0.25) is 5.91 Å². The Labute approximate surface area is 215 Å². The van der Waals surface area contributed by atoms with E-state index in [2.05, 4.69) is 5.32 Å². The largest absolute Gasteiger partial charge is 0.463 e. The highest BCUT2D eigenvalue weighted by atomic mass is 35.5. The predicted molar refractivity (Wildman–Crippen MR) is 139 cm³/mol.